The summed E-state index contributed by atoms with van der Waals surface area (Å²) in [7, 11) is 1.68. The van der Waals surface area contributed by atoms with E-state index in [4.69, 9.17) is 11.6 Å². The highest BCUT2D eigenvalue weighted by Crippen LogP contribution is 2.30. The van der Waals surface area contributed by atoms with Crippen molar-refractivity contribution in [3.05, 3.63) is 35.0 Å². The van der Waals surface area contributed by atoms with Gasteiger partial charge < -0.3 is 15.2 Å². The molecule has 106 valence electrons. The van der Waals surface area contributed by atoms with E-state index in [0.717, 1.165) is 41.9 Å². The lowest BCUT2D eigenvalue weighted by molar-refractivity contribution is 0.183. The minimum Gasteiger partial charge on any atom is -0.358 e. The maximum Gasteiger partial charge on any atom is 0.317 e. The van der Waals surface area contributed by atoms with Crippen LogP contribution in [0.15, 0.2) is 24.3 Å². The van der Waals surface area contributed by atoms with E-state index in [0.29, 0.717) is 5.92 Å². The average molecular weight is 292 g/mol. The van der Waals surface area contributed by atoms with Crippen molar-refractivity contribution in [2.24, 2.45) is 0 Å². The fraction of sp³-hybridized carbons (Fsp3) is 0.400. The Morgan fingerprint density at radius 2 is 2.10 bits per heavy atom. The Hall–Kier alpha value is -1.68. The molecule has 2 N–H and O–H groups in total. The summed E-state index contributed by atoms with van der Waals surface area (Å²) in [6.07, 6.45) is 1.99. The molecule has 0 bridgehead atoms. The lowest BCUT2D eigenvalue weighted by Crippen LogP contribution is -2.42. The number of hydrogen-bond donors (Lipinski definition) is 2. The van der Waals surface area contributed by atoms with Crippen molar-refractivity contribution in [1.82, 2.24) is 15.2 Å². The first-order valence-electron chi connectivity index (χ1n) is 6.92. The number of carbonyl (C=O) groups is 1. The number of piperidine rings is 1. The fourth-order valence-corrected chi connectivity index (χ4v) is 3.08. The van der Waals surface area contributed by atoms with Crippen LogP contribution >= 0.6 is 11.6 Å². The van der Waals surface area contributed by atoms with Gasteiger partial charge in [-0.25, -0.2) is 4.79 Å². The van der Waals surface area contributed by atoms with Gasteiger partial charge in [0.15, 0.2) is 0 Å². The van der Waals surface area contributed by atoms with Crippen LogP contribution in [0, 0.1) is 0 Å². The molecule has 0 unspecified atom stereocenters. The quantitative estimate of drug-likeness (QED) is 0.832. The Morgan fingerprint density at radius 1 is 1.35 bits per heavy atom. The molecule has 1 aromatic carbocycles. The van der Waals surface area contributed by atoms with Gasteiger partial charge in [-0.2, -0.15) is 0 Å². The molecule has 0 radical (unpaired) electrons. The molecule has 2 aromatic rings. The van der Waals surface area contributed by atoms with Gasteiger partial charge >= 0.3 is 6.03 Å². The van der Waals surface area contributed by atoms with E-state index in [1.54, 1.807) is 7.05 Å². The maximum absolute atomic E-state index is 11.6. The van der Waals surface area contributed by atoms with Gasteiger partial charge in [0.05, 0.1) is 0 Å². The number of aromatic nitrogens is 1. The molecular formula is C15H18ClN3O. The van der Waals surface area contributed by atoms with Crippen molar-refractivity contribution in [1.29, 1.82) is 0 Å². The number of nitrogens with zero attached hydrogens (tertiary/aromatic N) is 1. The summed E-state index contributed by atoms with van der Waals surface area (Å²) in [5.41, 5.74) is 2.37. The van der Waals surface area contributed by atoms with Crippen LogP contribution in [0.2, 0.25) is 5.02 Å². The van der Waals surface area contributed by atoms with Crippen molar-refractivity contribution in [2.75, 3.05) is 20.1 Å². The lowest BCUT2D eigenvalue weighted by Gasteiger charge is -2.31. The van der Waals surface area contributed by atoms with Gasteiger partial charge in [0.2, 0.25) is 0 Å². The van der Waals surface area contributed by atoms with E-state index >= 15 is 0 Å². The molecule has 0 aliphatic carbocycles. The van der Waals surface area contributed by atoms with Gasteiger partial charge in [0.1, 0.15) is 0 Å². The zero-order valence-corrected chi connectivity index (χ0v) is 12.2. The molecule has 4 nitrogen and oxygen atoms in total. The first-order chi connectivity index (χ1) is 9.67. The number of hydrogen-bond acceptors (Lipinski definition) is 1. The molecule has 20 heavy (non-hydrogen) atoms. The monoisotopic (exact) mass is 291 g/mol. The van der Waals surface area contributed by atoms with Gasteiger partial charge in [0, 0.05) is 47.7 Å². The maximum atomic E-state index is 11.6. The van der Waals surface area contributed by atoms with Gasteiger partial charge in [0.25, 0.3) is 0 Å². The summed E-state index contributed by atoms with van der Waals surface area (Å²) in [4.78, 5) is 16.9. The highest BCUT2D eigenvalue weighted by molar-refractivity contribution is 6.31. The standard InChI is InChI=1S/C15H18ClN3O/c1-17-15(20)19-6-4-10(5-7-19)14-9-11-8-12(16)2-3-13(11)18-14/h2-3,8-10,18H,4-7H2,1H3,(H,17,20). The van der Waals surface area contributed by atoms with E-state index in [1.165, 1.54) is 5.69 Å². The van der Waals surface area contributed by atoms with Gasteiger partial charge in [-0.1, -0.05) is 11.6 Å². The van der Waals surface area contributed by atoms with Crippen molar-refractivity contribution in [2.45, 2.75) is 18.8 Å². The Labute approximate surface area is 123 Å². The highest BCUT2D eigenvalue weighted by Gasteiger charge is 2.24. The number of benzene rings is 1. The predicted octanol–water partition coefficient (Wildman–Crippen LogP) is 3.34. The Balaban J connectivity index is 1.75. The topological polar surface area (TPSA) is 48.1 Å². The number of carbonyl (C=O) groups excluding carboxylic acids is 1. The normalized spacial score (nSPS) is 16.6. The second-order valence-corrected chi connectivity index (χ2v) is 5.71. The zero-order valence-electron chi connectivity index (χ0n) is 11.4. The summed E-state index contributed by atoms with van der Waals surface area (Å²) in [5, 5.41) is 4.60. The summed E-state index contributed by atoms with van der Waals surface area (Å²) in [6, 6.07) is 8.10. The van der Waals surface area contributed by atoms with Crippen LogP contribution < -0.4 is 5.32 Å². The average Bonchev–Trinajstić information content (AvgIpc) is 2.89. The van der Waals surface area contributed by atoms with E-state index in [2.05, 4.69) is 16.4 Å². The number of halogens is 1. The van der Waals surface area contributed by atoms with Crippen molar-refractivity contribution in [3.8, 4) is 0 Å². The number of amides is 2. The smallest absolute Gasteiger partial charge is 0.317 e. The molecule has 1 aliphatic heterocycles. The highest BCUT2D eigenvalue weighted by atomic mass is 35.5. The molecule has 0 saturated carbocycles. The Kier molecular flexibility index (Phi) is 3.57. The number of fused-ring (bicyclic) bond motifs is 1. The lowest BCUT2D eigenvalue weighted by atomic mass is 9.94. The second-order valence-electron chi connectivity index (χ2n) is 5.27. The Bertz CT molecular complexity index is 629. The van der Waals surface area contributed by atoms with Crippen molar-refractivity contribution >= 4 is 28.5 Å². The molecule has 1 fully saturated rings. The third-order valence-electron chi connectivity index (χ3n) is 4.04. The zero-order chi connectivity index (χ0) is 14.1. The molecule has 3 rings (SSSR count). The molecule has 1 aliphatic rings. The summed E-state index contributed by atoms with van der Waals surface area (Å²) in [5.74, 6) is 0.488. The van der Waals surface area contributed by atoms with Crippen LogP contribution in [-0.4, -0.2) is 36.1 Å². The molecule has 1 aromatic heterocycles. The largest absolute Gasteiger partial charge is 0.358 e. The van der Waals surface area contributed by atoms with E-state index in [9.17, 15) is 4.79 Å². The third kappa shape index (κ3) is 2.48. The first-order valence-corrected chi connectivity index (χ1v) is 7.30. The number of urea groups is 1. The molecule has 0 spiro atoms. The predicted molar refractivity (Wildman–Crippen MR) is 81.3 cm³/mol. The van der Waals surface area contributed by atoms with Gasteiger partial charge in [-0.15, -0.1) is 0 Å². The number of rotatable bonds is 1. The van der Waals surface area contributed by atoms with E-state index in [-0.39, 0.29) is 6.03 Å². The molecule has 1 saturated heterocycles. The fourth-order valence-electron chi connectivity index (χ4n) is 2.90. The van der Waals surface area contributed by atoms with Crippen LogP contribution in [0.25, 0.3) is 10.9 Å². The number of H-pyrrole nitrogens is 1. The minimum absolute atomic E-state index is 0.0203. The van der Waals surface area contributed by atoms with Gasteiger partial charge in [-0.05, 0) is 37.1 Å². The minimum atomic E-state index is 0.0203. The summed E-state index contributed by atoms with van der Waals surface area (Å²) in [6.45, 7) is 1.61. The molecule has 2 amide bonds. The number of nitrogens with one attached hydrogen (secondary N) is 2. The molecule has 2 heterocycles. The van der Waals surface area contributed by atoms with Crippen LogP contribution in [-0.2, 0) is 0 Å². The molecule has 0 atom stereocenters. The van der Waals surface area contributed by atoms with Crippen LogP contribution in [0.5, 0.6) is 0 Å². The van der Waals surface area contributed by atoms with Crippen LogP contribution in [0.4, 0.5) is 4.79 Å². The second kappa shape index (κ2) is 5.37. The van der Waals surface area contributed by atoms with Crippen molar-refractivity contribution < 1.29 is 4.79 Å². The van der Waals surface area contributed by atoms with Gasteiger partial charge in [-0.3, -0.25) is 0 Å². The summed E-state index contributed by atoms with van der Waals surface area (Å²) < 4.78 is 0. The Morgan fingerprint density at radius 3 is 2.80 bits per heavy atom. The third-order valence-corrected chi connectivity index (χ3v) is 4.27. The SMILES string of the molecule is CNC(=O)N1CCC(c2cc3cc(Cl)ccc3[nH]2)CC1. The summed E-state index contributed by atoms with van der Waals surface area (Å²) >= 11 is 6.02. The number of likely N-dealkylation sites (tertiary alicyclic amines) is 1. The van der Waals surface area contributed by atoms with Crippen LogP contribution in [0.1, 0.15) is 24.5 Å². The van der Waals surface area contributed by atoms with Crippen LogP contribution in [0.3, 0.4) is 0 Å². The van der Waals surface area contributed by atoms with Crippen molar-refractivity contribution in [3.63, 3.8) is 0 Å². The molecular weight excluding hydrogens is 274 g/mol. The number of aromatic amines is 1. The molecule has 5 heteroatoms. The van der Waals surface area contributed by atoms with E-state index < -0.39 is 0 Å². The first kappa shape index (κ1) is 13.3. The van der Waals surface area contributed by atoms with E-state index in [1.807, 2.05) is 23.1 Å².